The Labute approximate surface area is 78.7 Å². The molecule has 0 aromatic heterocycles. The van der Waals surface area contributed by atoms with Crippen molar-refractivity contribution in [3.8, 4) is 5.75 Å². The molecule has 2 N–H and O–H groups in total. The van der Waals surface area contributed by atoms with Crippen molar-refractivity contribution in [1.82, 2.24) is 0 Å². The molecule has 0 bridgehead atoms. The third-order valence-corrected chi connectivity index (χ3v) is 2.48. The topological polar surface area (TPSA) is 35.2 Å². The molecule has 0 saturated heterocycles. The third kappa shape index (κ3) is 2.46. The monoisotopic (exact) mass is 177 g/mol. The van der Waals surface area contributed by atoms with Crippen molar-refractivity contribution in [2.45, 2.75) is 18.9 Å². The predicted octanol–water partition coefficient (Wildman–Crippen LogP) is 1.80. The van der Waals surface area contributed by atoms with Crippen molar-refractivity contribution < 1.29 is 4.74 Å². The van der Waals surface area contributed by atoms with E-state index in [0.717, 1.165) is 18.8 Å². The zero-order valence-corrected chi connectivity index (χ0v) is 7.65. The zero-order chi connectivity index (χ0) is 9.10. The summed E-state index contributed by atoms with van der Waals surface area (Å²) in [6.07, 6.45) is 2.27. The van der Waals surface area contributed by atoms with E-state index in [9.17, 15) is 0 Å². The van der Waals surface area contributed by atoms with Crippen LogP contribution in [0.5, 0.6) is 5.75 Å². The molecule has 2 rings (SSSR count). The lowest BCUT2D eigenvalue weighted by molar-refractivity contribution is 0.301. The second-order valence-corrected chi connectivity index (χ2v) is 3.61. The molecule has 0 heterocycles. The van der Waals surface area contributed by atoms with Crippen molar-refractivity contribution in [1.29, 1.82) is 0 Å². The maximum Gasteiger partial charge on any atom is 0.119 e. The second-order valence-electron chi connectivity index (χ2n) is 3.61. The van der Waals surface area contributed by atoms with Crippen molar-refractivity contribution in [2.75, 3.05) is 6.61 Å². The summed E-state index contributed by atoms with van der Waals surface area (Å²) < 4.78 is 5.55. The van der Waals surface area contributed by atoms with Crippen LogP contribution in [0.25, 0.3) is 0 Å². The van der Waals surface area contributed by atoms with Gasteiger partial charge in [0.25, 0.3) is 0 Å². The van der Waals surface area contributed by atoms with Crippen LogP contribution >= 0.6 is 0 Å². The summed E-state index contributed by atoms with van der Waals surface area (Å²) >= 11 is 0. The van der Waals surface area contributed by atoms with Crippen molar-refractivity contribution in [2.24, 2.45) is 11.7 Å². The van der Waals surface area contributed by atoms with Crippen LogP contribution in [0.1, 0.15) is 12.8 Å². The first-order valence-electron chi connectivity index (χ1n) is 4.79. The molecule has 0 spiro atoms. The fourth-order valence-corrected chi connectivity index (χ4v) is 1.45. The van der Waals surface area contributed by atoms with E-state index >= 15 is 0 Å². The standard InChI is InChI=1S/C11H15NO/c12-11-8-9(11)6-7-13-10-4-2-1-3-5-10/h1-5,9,11H,6-8,12H2/t9-,11-/m1/s1. The zero-order valence-electron chi connectivity index (χ0n) is 7.65. The summed E-state index contributed by atoms with van der Waals surface area (Å²) in [5, 5.41) is 0. The summed E-state index contributed by atoms with van der Waals surface area (Å²) in [6, 6.07) is 10.4. The van der Waals surface area contributed by atoms with Crippen LogP contribution in [-0.4, -0.2) is 12.6 Å². The van der Waals surface area contributed by atoms with Crippen molar-refractivity contribution in [3.05, 3.63) is 30.3 Å². The average molecular weight is 177 g/mol. The first kappa shape index (κ1) is 8.57. The minimum atomic E-state index is 0.444. The van der Waals surface area contributed by atoms with E-state index in [2.05, 4.69) is 0 Å². The van der Waals surface area contributed by atoms with E-state index in [1.165, 1.54) is 6.42 Å². The number of rotatable bonds is 4. The Bertz CT molecular complexity index is 260. The summed E-state index contributed by atoms with van der Waals surface area (Å²) in [4.78, 5) is 0. The predicted molar refractivity (Wildman–Crippen MR) is 52.6 cm³/mol. The maximum atomic E-state index is 5.69. The highest BCUT2D eigenvalue weighted by Crippen LogP contribution is 2.31. The lowest BCUT2D eigenvalue weighted by atomic mass is 10.3. The van der Waals surface area contributed by atoms with Gasteiger partial charge in [-0.2, -0.15) is 0 Å². The van der Waals surface area contributed by atoms with Gasteiger partial charge in [-0.15, -0.1) is 0 Å². The minimum absolute atomic E-state index is 0.444. The van der Waals surface area contributed by atoms with Gasteiger partial charge in [0, 0.05) is 6.04 Å². The van der Waals surface area contributed by atoms with Crippen LogP contribution in [0.2, 0.25) is 0 Å². The first-order valence-corrected chi connectivity index (χ1v) is 4.79. The van der Waals surface area contributed by atoms with E-state index in [4.69, 9.17) is 10.5 Å². The summed E-state index contributed by atoms with van der Waals surface area (Å²) in [7, 11) is 0. The smallest absolute Gasteiger partial charge is 0.119 e. The quantitative estimate of drug-likeness (QED) is 0.761. The van der Waals surface area contributed by atoms with E-state index in [0.29, 0.717) is 12.0 Å². The van der Waals surface area contributed by atoms with E-state index in [1.807, 2.05) is 30.3 Å². The number of nitrogens with two attached hydrogens (primary N) is 1. The number of ether oxygens (including phenoxy) is 1. The number of benzene rings is 1. The van der Waals surface area contributed by atoms with Crippen LogP contribution in [0.15, 0.2) is 30.3 Å². The van der Waals surface area contributed by atoms with Gasteiger partial charge in [-0.05, 0) is 30.9 Å². The fraction of sp³-hybridized carbons (Fsp3) is 0.455. The Morgan fingerprint density at radius 1 is 1.31 bits per heavy atom. The molecule has 1 aromatic rings. The SMILES string of the molecule is N[C@@H]1C[C@H]1CCOc1ccccc1. The molecule has 1 aliphatic carbocycles. The second kappa shape index (κ2) is 3.79. The molecule has 1 aromatic carbocycles. The molecule has 70 valence electrons. The molecule has 1 fully saturated rings. The lowest BCUT2D eigenvalue weighted by Crippen LogP contribution is -2.05. The minimum Gasteiger partial charge on any atom is -0.494 e. The normalized spacial score (nSPS) is 25.6. The molecule has 1 saturated carbocycles. The van der Waals surface area contributed by atoms with Crippen molar-refractivity contribution in [3.63, 3.8) is 0 Å². The van der Waals surface area contributed by atoms with Crippen LogP contribution in [0.3, 0.4) is 0 Å². The molecule has 0 amide bonds. The highest BCUT2D eigenvalue weighted by atomic mass is 16.5. The molecule has 0 aliphatic heterocycles. The van der Waals surface area contributed by atoms with Gasteiger partial charge in [0.2, 0.25) is 0 Å². The molecule has 2 heteroatoms. The van der Waals surface area contributed by atoms with Gasteiger partial charge >= 0.3 is 0 Å². The van der Waals surface area contributed by atoms with Gasteiger partial charge in [-0.3, -0.25) is 0 Å². The Balaban J connectivity index is 1.68. The van der Waals surface area contributed by atoms with Gasteiger partial charge in [0.05, 0.1) is 6.61 Å². The summed E-state index contributed by atoms with van der Waals surface area (Å²) in [5.41, 5.74) is 5.69. The molecule has 2 nitrogen and oxygen atoms in total. The average Bonchev–Trinajstić information content (AvgIpc) is 2.84. The third-order valence-electron chi connectivity index (χ3n) is 2.48. The van der Waals surface area contributed by atoms with Crippen LogP contribution < -0.4 is 10.5 Å². The number of para-hydroxylation sites is 1. The highest BCUT2D eigenvalue weighted by molar-refractivity contribution is 5.20. The molecule has 0 radical (unpaired) electrons. The Kier molecular flexibility index (Phi) is 2.50. The molecular weight excluding hydrogens is 162 g/mol. The van der Waals surface area contributed by atoms with Gasteiger partial charge < -0.3 is 10.5 Å². The lowest BCUT2D eigenvalue weighted by Gasteiger charge is -2.04. The Morgan fingerprint density at radius 3 is 2.62 bits per heavy atom. The van der Waals surface area contributed by atoms with Crippen LogP contribution in [0.4, 0.5) is 0 Å². The Hall–Kier alpha value is -1.02. The van der Waals surface area contributed by atoms with Crippen molar-refractivity contribution >= 4 is 0 Å². The van der Waals surface area contributed by atoms with E-state index in [-0.39, 0.29) is 0 Å². The van der Waals surface area contributed by atoms with E-state index in [1.54, 1.807) is 0 Å². The van der Waals surface area contributed by atoms with Crippen LogP contribution in [0, 0.1) is 5.92 Å². The first-order chi connectivity index (χ1) is 6.36. The highest BCUT2D eigenvalue weighted by Gasteiger charge is 2.32. The fourth-order valence-electron chi connectivity index (χ4n) is 1.45. The van der Waals surface area contributed by atoms with E-state index < -0.39 is 0 Å². The molecule has 2 atom stereocenters. The summed E-state index contributed by atoms with van der Waals surface area (Å²) in [5.74, 6) is 1.67. The van der Waals surface area contributed by atoms with Gasteiger partial charge in [0.1, 0.15) is 5.75 Å². The summed E-state index contributed by atoms with van der Waals surface area (Å²) in [6.45, 7) is 0.794. The van der Waals surface area contributed by atoms with Crippen LogP contribution in [-0.2, 0) is 0 Å². The molecule has 13 heavy (non-hydrogen) atoms. The largest absolute Gasteiger partial charge is 0.494 e. The van der Waals surface area contributed by atoms with Gasteiger partial charge in [0.15, 0.2) is 0 Å². The number of hydrogen-bond acceptors (Lipinski definition) is 2. The maximum absolute atomic E-state index is 5.69. The number of hydrogen-bond donors (Lipinski definition) is 1. The van der Waals surface area contributed by atoms with Gasteiger partial charge in [-0.25, -0.2) is 0 Å². The molecule has 0 unspecified atom stereocenters. The molecule has 1 aliphatic rings. The Morgan fingerprint density at radius 2 is 2.00 bits per heavy atom. The molecular formula is C11H15NO. The van der Waals surface area contributed by atoms with Gasteiger partial charge in [-0.1, -0.05) is 18.2 Å².